The van der Waals surface area contributed by atoms with E-state index < -0.39 is 0 Å². The van der Waals surface area contributed by atoms with E-state index in [4.69, 9.17) is 11.6 Å². The van der Waals surface area contributed by atoms with Crippen LogP contribution in [0.4, 0.5) is 0 Å². The first kappa shape index (κ1) is 14.1. The van der Waals surface area contributed by atoms with Gasteiger partial charge in [-0.05, 0) is 31.0 Å². The summed E-state index contributed by atoms with van der Waals surface area (Å²) in [6, 6.07) is 9.80. The second kappa shape index (κ2) is 5.90. The summed E-state index contributed by atoms with van der Waals surface area (Å²) in [5.74, 6) is 0.620. The molecule has 1 fully saturated rings. The van der Waals surface area contributed by atoms with Gasteiger partial charge in [0.2, 0.25) is 5.91 Å². The molecular formula is C16H18ClN3O. The maximum atomic E-state index is 11.4. The Bertz CT molecular complexity index is 627. The molecule has 2 heterocycles. The number of carbonyl (C=O) groups excluding carboxylic acids is 1. The van der Waals surface area contributed by atoms with Gasteiger partial charge in [-0.1, -0.05) is 23.7 Å². The summed E-state index contributed by atoms with van der Waals surface area (Å²) in [4.78, 5) is 13.3. The monoisotopic (exact) mass is 303 g/mol. The van der Waals surface area contributed by atoms with E-state index in [1.807, 2.05) is 29.2 Å². The van der Waals surface area contributed by atoms with E-state index in [9.17, 15) is 4.79 Å². The summed E-state index contributed by atoms with van der Waals surface area (Å²) in [6.45, 7) is 3.29. The number of hydrogen-bond acceptors (Lipinski definition) is 2. The summed E-state index contributed by atoms with van der Waals surface area (Å²) in [5, 5.41) is 8.27. The molecule has 1 aromatic heterocycles. The molecular weight excluding hydrogens is 286 g/mol. The quantitative estimate of drug-likeness (QED) is 0.923. The van der Waals surface area contributed by atoms with E-state index in [2.05, 4.69) is 16.3 Å². The highest BCUT2D eigenvalue weighted by Gasteiger charge is 2.23. The van der Waals surface area contributed by atoms with Gasteiger partial charge in [0.25, 0.3) is 0 Å². The van der Waals surface area contributed by atoms with Gasteiger partial charge in [0.1, 0.15) is 0 Å². The van der Waals surface area contributed by atoms with Crippen molar-refractivity contribution in [2.75, 3.05) is 13.1 Å². The second-order valence-corrected chi connectivity index (χ2v) is 5.93. The van der Waals surface area contributed by atoms with Crippen molar-refractivity contribution in [3.05, 3.63) is 41.0 Å². The highest BCUT2D eigenvalue weighted by atomic mass is 35.5. The van der Waals surface area contributed by atoms with Crippen molar-refractivity contribution in [1.29, 1.82) is 0 Å². The first-order valence-corrected chi connectivity index (χ1v) is 7.58. The molecule has 0 aliphatic carbocycles. The van der Waals surface area contributed by atoms with Crippen LogP contribution < -0.4 is 0 Å². The average molecular weight is 304 g/mol. The van der Waals surface area contributed by atoms with Gasteiger partial charge in [0.05, 0.1) is 5.69 Å². The van der Waals surface area contributed by atoms with Gasteiger partial charge in [0.15, 0.2) is 0 Å². The van der Waals surface area contributed by atoms with Crippen LogP contribution in [0.3, 0.4) is 0 Å². The van der Waals surface area contributed by atoms with Crippen molar-refractivity contribution >= 4 is 17.5 Å². The van der Waals surface area contributed by atoms with Crippen molar-refractivity contribution < 1.29 is 4.79 Å². The molecule has 0 saturated carbocycles. The minimum Gasteiger partial charge on any atom is -0.343 e. The van der Waals surface area contributed by atoms with Crippen LogP contribution in [0, 0.1) is 0 Å². The zero-order valence-corrected chi connectivity index (χ0v) is 12.7. The number of amides is 1. The third kappa shape index (κ3) is 3.10. The molecule has 0 bridgehead atoms. The van der Waals surface area contributed by atoms with Crippen LogP contribution in [0.1, 0.15) is 31.4 Å². The van der Waals surface area contributed by atoms with E-state index >= 15 is 0 Å². The number of halogens is 1. The highest BCUT2D eigenvalue weighted by Crippen LogP contribution is 2.29. The fourth-order valence-electron chi connectivity index (χ4n) is 2.82. The van der Waals surface area contributed by atoms with Crippen LogP contribution in [0.15, 0.2) is 30.3 Å². The Morgan fingerprint density at radius 1 is 1.29 bits per heavy atom. The number of aromatic amines is 1. The molecule has 1 aliphatic heterocycles. The summed E-state index contributed by atoms with van der Waals surface area (Å²) in [7, 11) is 0. The predicted molar refractivity (Wildman–Crippen MR) is 83.3 cm³/mol. The number of aromatic nitrogens is 2. The third-order valence-electron chi connectivity index (χ3n) is 4.12. The third-order valence-corrected chi connectivity index (χ3v) is 4.37. The lowest BCUT2D eigenvalue weighted by Crippen LogP contribution is -2.36. The van der Waals surface area contributed by atoms with Crippen molar-refractivity contribution in [3.63, 3.8) is 0 Å². The topological polar surface area (TPSA) is 49.0 Å². The number of H-pyrrole nitrogens is 1. The van der Waals surface area contributed by atoms with Crippen molar-refractivity contribution in [1.82, 2.24) is 15.1 Å². The zero-order valence-electron chi connectivity index (χ0n) is 12.0. The lowest BCUT2D eigenvalue weighted by molar-refractivity contribution is -0.129. The van der Waals surface area contributed by atoms with E-state index in [0.717, 1.165) is 47.9 Å². The van der Waals surface area contributed by atoms with E-state index in [-0.39, 0.29) is 5.91 Å². The van der Waals surface area contributed by atoms with E-state index in [1.54, 1.807) is 6.92 Å². The molecule has 0 atom stereocenters. The first-order valence-electron chi connectivity index (χ1n) is 7.20. The number of hydrogen-bond donors (Lipinski definition) is 1. The Morgan fingerprint density at radius 3 is 2.57 bits per heavy atom. The van der Waals surface area contributed by atoms with E-state index in [1.165, 1.54) is 0 Å². The van der Waals surface area contributed by atoms with Crippen molar-refractivity contribution in [2.45, 2.75) is 25.7 Å². The largest absolute Gasteiger partial charge is 0.343 e. The SMILES string of the molecule is CC(=O)N1CCC(c2cc(-c3ccc(Cl)cc3)n[nH]2)CC1. The average Bonchev–Trinajstić information content (AvgIpc) is 2.98. The van der Waals surface area contributed by atoms with Crippen LogP contribution in [0.5, 0.6) is 0 Å². The maximum absolute atomic E-state index is 11.4. The number of carbonyl (C=O) groups is 1. The van der Waals surface area contributed by atoms with Gasteiger partial charge in [0, 0.05) is 42.2 Å². The van der Waals surface area contributed by atoms with Crippen LogP contribution in [0.2, 0.25) is 5.02 Å². The van der Waals surface area contributed by atoms with Gasteiger partial charge >= 0.3 is 0 Å². The van der Waals surface area contributed by atoms with Gasteiger partial charge in [-0.15, -0.1) is 0 Å². The van der Waals surface area contributed by atoms with Crippen LogP contribution in [-0.4, -0.2) is 34.1 Å². The number of nitrogens with one attached hydrogen (secondary N) is 1. The summed E-state index contributed by atoms with van der Waals surface area (Å²) in [6.07, 6.45) is 1.98. The molecule has 1 N–H and O–H groups in total. The molecule has 0 unspecified atom stereocenters. The predicted octanol–water partition coefficient (Wildman–Crippen LogP) is 3.46. The number of likely N-dealkylation sites (tertiary alicyclic amines) is 1. The maximum Gasteiger partial charge on any atom is 0.219 e. The van der Waals surface area contributed by atoms with Gasteiger partial charge in [-0.25, -0.2) is 0 Å². The number of rotatable bonds is 2. The molecule has 110 valence electrons. The fourth-order valence-corrected chi connectivity index (χ4v) is 2.95. The van der Waals surface area contributed by atoms with Gasteiger partial charge in [-0.3, -0.25) is 9.89 Å². The molecule has 5 heteroatoms. The first-order chi connectivity index (χ1) is 10.1. The van der Waals surface area contributed by atoms with Crippen LogP contribution in [-0.2, 0) is 4.79 Å². The summed E-state index contributed by atoms with van der Waals surface area (Å²) >= 11 is 5.90. The standard InChI is InChI=1S/C16H18ClN3O/c1-11(21)20-8-6-13(7-9-20)16-10-15(18-19-16)12-2-4-14(17)5-3-12/h2-5,10,13H,6-9H2,1H3,(H,18,19). The number of piperidine rings is 1. The normalized spacial score (nSPS) is 16.2. The Hall–Kier alpha value is -1.81. The minimum absolute atomic E-state index is 0.167. The molecule has 1 saturated heterocycles. The van der Waals surface area contributed by atoms with E-state index in [0.29, 0.717) is 5.92 Å². The molecule has 4 nitrogen and oxygen atoms in total. The molecule has 1 amide bonds. The van der Waals surface area contributed by atoms with Crippen molar-refractivity contribution in [3.8, 4) is 11.3 Å². The Kier molecular flexibility index (Phi) is 3.97. The van der Waals surface area contributed by atoms with Gasteiger partial charge in [-0.2, -0.15) is 5.10 Å². The fraction of sp³-hybridized carbons (Fsp3) is 0.375. The van der Waals surface area contributed by atoms with Crippen LogP contribution in [0.25, 0.3) is 11.3 Å². The number of nitrogens with zero attached hydrogens (tertiary/aromatic N) is 2. The Balaban J connectivity index is 1.71. The second-order valence-electron chi connectivity index (χ2n) is 5.50. The summed E-state index contributed by atoms with van der Waals surface area (Å²) in [5.41, 5.74) is 3.15. The van der Waals surface area contributed by atoms with Crippen molar-refractivity contribution in [2.24, 2.45) is 0 Å². The van der Waals surface area contributed by atoms with Gasteiger partial charge < -0.3 is 4.90 Å². The lowest BCUT2D eigenvalue weighted by atomic mass is 9.93. The number of benzene rings is 1. The zero-order chi connectivity index (χ0) is 14.8. The lowest BCUT2D eigenvalue weighted by Gasteiger charge is -2.30. The molecule has 0 spiro atoms. The van der Waals surface area contributed by atoms with Crippen LogP contribution >= 0.6 is 11.6 Å². The Morgan fingerprint density at radius 2 is 1.95 bits per heavy atom. The highest BCUT2D eigenvalue weighted by molar-refractivity contribution is 6.30. The smallest absolute Gasteiger partial charge is 0.219 e. The molecule has 0 radical (unpaired) electrons. The molecule has 3 rings (SSSR count). The molecule has 2 aromatic rings. The minimum atomic E-state index is 0.167. The Labute approximate surface area is 129 Å². The molecule has 21 heavy (non-hydrogen) atoms. The summed E-state index contributed by atoms with van der Waals surface area (Å²) < 4.78 is 0. The molecule has 1 aromatic carbocycles. The molecule has 1 aliphatic rings.